The molecule has 0 saturated heterocycles. The molecule has 1 atom stereocenters. The number of methoxy groups -OCH3 is 1. The molecule has 0 heterocycles. The Labute approximate surface area is 141 Å². The number of nitrogens with one attached hydrogen (secondary N) is 1. The lowest BCUT2D eigenvalue weighted by molar-refractivity contribution is 0.415. The number of rotatable bonds is 4. The van der Waals surface area contributed by atoms with Gasteiger partial charge in [0.05, 0.1) is 18.2 Å². The van der Waals surface area contributed by atoms with Crippen LogP contribution in [-0.4, -0.2) is 14.2 Å². The standard InChI is InChI=1S/C15H13BrCl2FNO/c1-20-15(8-3-9(16)5-10(19)4-8)11-6-13(18)14(21-2)7-12(11)17/h3-7,15,20H,1-2H3. The summed E-state index contributed by atoms with van der Waals surface area (Å²) in [6.45, 7) is 0. The van der Waals surface area contributed by atoms with Crippen molar-refractivity contribution >= 4 is 39.1 Å². The molecule has 0 aromatic heterocycles. The first-order valence-electron chi connectivity index (χ1n) is 6.12. The maximum atomic E-state index is 13.6. The molecule has 0 amide bonds. The van der Waals surface area contributed by atoms with Crippen molar-refractivity contribution in [1.82, 2.24) is 5.32 Å². The van der Waals surface area contributed by atoms with Gasteiger partial charge in [-0.05, 0) is 42.4 Å². The lowest BCUT2D eigenvalue weighted by Gasteiger charge is -2.20. The van der Waals surface area contributed by atoms with Gasteiger partial charge in [0.1, 0.15) is 11.6 Å². The van der Waals surface area contributed by atoms with E-state index < -0.39 is 0 Å². The smallest absolute Gasteiger partial charge is 0.138 e. The molecule has 0 aliphatic heterocycles. The zero-order valence-corrected chi connectivity index (χ0v) is 14.5. The molecule has 112 valence electrons. The highest BCUT2D eigenvalue weighted by molar-refractivity contribution is 9.10. The average Bonchev–Trinajstić information content (AvgIpc) is 2.42. The first kappa shape index (κ1) is 16.6. The Morgan fingerprint density at radius 2 is 1.86 bits per heavy atom. The van der Waals surface area contributed by atoms with E-state index in [4.69, 9.17) is 27.9 Å². The first-order valence-corrected chi connectivity index (χ1v) is 7.67. The molecule has 0 aliphatic carbocycles. The van der Waals surface area contributed by atoms with Crippen LogP contribution in [0, 0.1) is 5.82 Å². The van der Waals surface area contributed by atoms with Gasteiger partial charge in [0.2, 0.25) is 0 Å². The van der Waals surface area contributed by atoms with Gasteiger partial charge in [-0.1, -0.05) is 39.1 Å². The first-order chi connectivity index (χ1) is 9.96. The largest absolute Gasteiger partial charge is 0.495 e. The van der Waals surface area contributed by atoms with E-state index in [-0.39, 0.29) is 11.9 Å². The monoisotopic (exact) mass is 391 g/mol. The van der Waals surface area contributed by atoms with Crippen molar-refractivity contribution in [1.29, 1.82) is 0 Å². The predicted octanol–water partition coefficient (Wildman–Crippen LogP) is 5.21. The SMILES string of the molecule is CNC(c1cc(F)cc(Br)c1)c1cc(Cl)c(OC)cc1Cl. The summed E-state index contributed by atoms with van der Waals surface area (Å²) in [6, 6.07) is 7.78. The van der Waals surface area contributed by atoms with Crippen molar-refractivity contribution in [2.45, 2.75) is 6.04 Å². The van der Waals surface area contributed by atoms with Gasteiger partial charge in [0, 0.05) is 15.6 Å². The summed E-state index contributed by atoms with van der Waals surface area (Å²) < 4.78 is 19.4. The van der Waals surface area contributed by atoms with Gasteiger partial charge in [-0.3, -0.25) is 0 Å². The van der Waals surface area contributed by atoms with Crippen LogP contribution in [0.3, 0.4) is 0 Å². The Balaban J connectivity index is 2.53. The van der Waals surface area contributed by atoms with Gasteiger partial charge < -0.3 is 10.1 Å². The maximum Gasteiger partial charge on any atom is 0.138 e. The highest BCUT2D eigenvalue weighted by atomic mass is 79.9. The van der Waals surface area contributed by atoms with Gasteiger partial charge in [0.15, 0.2) is 0 Å². The van der Waals surface area contributed by atoms with Crippen LogP contribution in [0.25, 0.3) is 0 Å². The number of ether oxygens (including phenoxy) is 1. The molecular weight excluding hydrogens is 380 g/mol. The van der Waals surface area contributed by atoms with E-state index >= 15 is 0 Å². The van der Waals surface area contributed by atoms with E-state index in [0.29, 0.717) is 20.3 Å². The van der Waals surface area contributed by atoms with E-state index in [1.807, 2.05) is 6.07 Å². The normalized spacial score (nSPS) is 12.3. The van der Waals surface area contributed by atoms with Crippen LogP contribution in [-0.2, 0) is 0 Å². The molecule has 0 fully saturated rings. The minimum atomic E-state index is -0.324. The fourth-order valence-corrected chi connectivity index (χ4v) is 3.16. The zero-order valence-electron chi connectivity index (χ0n) is 11.4. The molecule has 2 aromatic rings. The third-order valence-corrected chi connectivity index (χ3v) is 4.17. The van der Waals surface area contributed by atoms with Crippen molar-refractivity contribution in [3.63, 3.8) is 0 Å². The molecule has 0 aliphatic rings. The Bertz CT molecular complexity index is 646. The van der Waals surface area contributed by atoms with E-state index in [1.165, 1.54) is 19.2 Å². The second kappa shape index (κ2) is 6.97. The number of hydrogen-bond donors (Lipinski definition) is 1. The Kier molecular flexibility index (Phi) is 5.49. The summed E-state index contributed by atoms with van der Waals surface area (Å²) >= 11 is 15.7. The van der Waals surface area contributed by atoms with Crippen molar-refractivity contribution < 1.29 is 9.13 Å². The van der Waals surface area contributed by atoms with Crippen LogP contribution < -0.4 is 10.1 Å². The van der Waals surface area contributed by atoms with Crippen molar-refractivity contribution in [3.05, 3.63) is 61.8 Å². The van der Waals surface area contributed by atoms with Crippen LogP contribution in [0.15, 0.2) is 34.8 Å². The van der Waals surface area contributed by atoms with Crippen molar-refractivity contribution in [2.75, 3.05) is 14.2 Å². The van der Waals surface area contributed by atoms with Crippen LogP contribution >= 0.6 is 39.1 Å². The topological polar surface area (TPSA) is 21.3 Å². The summed E-state index contributed by atoms with van der Waals surface area (Å²) in [4.78, 5) is 0. The maximum absolute atomic E-state index is 13.6. The third-order valence-electron chi connectivity index (χ3n) is 3.09. The molecule has 2 nitrogen and oxygen atoms in total. The molecule has 1 N–H and O–H groups in total. The fourth-order valence-electron chi connectivity index (χ4n) is 2.17. The second-order valence-electron chi connectivity index (χ2n) is 4.43. The molecule has 2 aromatic carbocycles. The van der Waals surface area contributed by atoms with Gasteiger partial charge in [-0.2, -0.15) is 0 Å². The van der Waals surface area contributed by atoms with Crippen LogP contribution in [0.2, 0.25) is 10.0 Å². The highest BCUT2D eigenvalue weighted by Gasteiger charge is 2.19. The number of halogens is 4. The molecule has 0 saturated carbocycles. The fraction of sp³-hybridized carbons (Fsp3) is 0.200. The molecule has 0 radical (unpaired) electrons. The summed E-state index contributed by atoms with van der Waals surface area (Å²) in [5, 5.41) is 4.07. The van der Waals surface area contributed by atoms with Crippen LogP contribution in [0.4, 0.5) is 4.39 Å². The van der Waals surface area contributed by atoms with Crippen LogP contribution in [0.5, 0.6) is 5.75 Å². The Morgan fingerprint density at radius 1 is 1.14 bits per heavy atom. The van der Waals surface area contributed by atoms with E-state index in [9.17, 15) is 4.39 Å². The lowest BCUT2D eigenvalue weighted by atomic mass is 9.98. The zero-order chi connectivity index (χ0) is 15.6. The highest BCUT2D eigenvalue weighted by Crippen LogP contribution is 2.36. The Morgan fingerprint density at radius 3 is 2.43 bits per heavy atom. The summed E-state index contributed by atoms with van der Waals surface area (Å²) in [6.07, 6.45) is 0. The van der Waals surface area contributed by atoms with Gasteiger partial charge in [0.25, 0.3) is 0 Å². The van der Waals surface area contributed by atoms with Gasteiger partial charge in [-0.15, -0.1) is 0 Å². The molecule has 1 unspecified atom stereocenters. The number of benzene rings is 2. The molecule has 0 bridgehead atoms. The van der Waals surface area contributed by atoms with Crippen molar-refractivity contribution in [2.24, 2.45) is 0 Å². The molecular formula is C15H13BrCl2FNO. The van der Waals surface area contributed by atoms with Crippen molar-refractivity contribution in [3.8, 4) is 5.75 Å². The van der Waals surface area contributed by atoms with Gasteiger partial charge >= 0.3 is 0 Å². The molecule has 21 heavy (non-hydrogen) atoms. The van der Waals surface area contributed by atoms with E-state index in [1.54, 1.807) is 19.2 Å². The summed E-state index contributed by atoms with van der Waals surface area (Å²) in [5.41, 5.74) is 1.50. The van der Waals surface area contributed by atoms with E-state index in [0.717, 1.165) is 11.1 Å². The number of hydrogen-bond acceptors (Lipinski definition) is 2. The minimum absolute atomic E-state index is 0.284. The molecule has 0 spiro atoms. The lowest BCUT2D eigenvalue weighted by Crippen LogP contribution is -2.18. The van der Waals surface area contributed by atoms with Crippen LogP contribution in [0.1, 0.15) is 17.2 Å². The van der Waals surface area contributed by atoms with E-state index in [2.05, 4.69) is 21.2 Å². The second-order valence-corrected chi connectivity index (χ2v) is 6.16. The molecule has 2 rings (SSSR count). The average molecular weight is 393 g/mol. The summed E-state index contributed by atoms with van der Waals surface area (Å²) in [5.74, 6) is 0.177. The predicted molar refractivity (Wildman–Crippen MR) is 88.0 cm³/mol. The quantitative estimate of drug-likeness (QED) is 0.770. The minimum Gasteiger partial charge on any atom is -0.495 e. The Hall–Kier alpha value is -0.810. The molecule has 6 heteroatoms. The summed E-state index contributed by atoms with van der Waals surface area (Å²) in [7, 11) is 3.30. The van der Waals surface area contributed by atoms with Gasteiger partial charge in [-0.25, -0.2) is 4.39 Å². The third kappa shape index (κ3) is 3.69.